The maximum atomic E-state index is 11.8. The molecule has 1 saturated heterocycles. The molecular weight excluding hydrogens is 673 g/mol. The number of carboxylic acids is 1. The largest absolute Gasteiger partial charge is 0.480 e. The molecule has 0 saturated carbocycles. The molecule has 15 heteroatoms. The number of methoxy groups -OCH3 is 2. The lowest BCUT2D eigenvalue weighted by Gasteiger charge is -2.25. The lowest BCUT2D eigenvalue weighted by molar-refractivity contribution is -0.145. The van der Waals surface area contributed by atoms with Gasteiger partial charge in [-0.3, -0.25) is 24.9 Å². The molecule has 2 aromatic heterocycles. The molecule has 1 unspecified atom stereocenters. The van der Waals surface area contributed by atoms with E-state index in [9.17, 15) is 19.8 Å². The Morgan fingerprint density at radius 1 is 0.939 bits per heavy atom. The van der Waals surface area contributed by atoms with Crippen molar-refractivity contribution >= 4 is 35.1 Å². The summed E-state index contributed by atoms with van der Waals surface area (Å²) in [6.07, 6.45) is 4.52. The number of amides is 1. The van der Waals surface area contributed by atoms with E-state index in [1.165, 1.54) is 27.3 Å². The SMILES string of the molecule is COc1nc(-c2cccc(-c3cccc(-c4cnc(CNC(C)(CCO)C(=O)O)c(OC)n4)c3Cl)c2Cl)cnc1CNC[C@@H]1CCC(=O)N1. The minimum atomic E-state index is -1.36. The Labute approximate surface area is 293 Å². The summed E-state index contributed by atoms with van der Waals surface area (Å²) in [4.78, 5) is 41.6. The quantitative estimate of drug-likeness (QED) is 0.118. The van der Waals surface area contributed by atoms with E-state index in [4.69, 9.17) is 37.7 Å². The van der Waals surface area contributed by atoms with Crippen LogP contribution >= 0.6 is 23.2 Å². The number of carbonyl (C=O) groups excluding carboxylic acids is 1. The summed E-state index contributed by atoms with van der Waals surface area (Å²) in [5.41, 5.74) is 3.12. The van der Waals surface area contributed by atoms with Crippen LogP contribution < -0.4 is 25.4 Å². The van der Waals surface area contributed by atoms with Gasteiger partial charge in [0.25, 0.3) is 0 Å². The number of aliphatic hydroxyl groups excluding tert-OH is 1. The molecule has 5 N–H and O–H groups in total. The van der Waals surface area contributed by atoms with Crippen molar-refractivity contribution < 1.29 is 29.3 Å². The van der Waals surface area contributed by atoms with Gasteiger partial charge in [-0.25, -0.2) is 9.97 Å². The molecule has 2 aromatic carbocycles. The van der Waals surface area contributed by atoms with Gasteiger partial charge < -0.3 is 30.3 Å². The Morgan fingerprint density at radius 2 is 1.47 bits per heavy atom. The van der Waals surface area contributed by atoms with Crippen molar-refractivity contribution in [3.63, 3.8) is 0 Å². The number of hydrogen-bond acceptors (Lipinski definition) is 11. The number of aliphatic hydroxyl groups is 1. The monoisotopic (exact) mass is 709 g/mol. The zero-order valence-electron chi connectivity index (χ0n) is 27.2. The van der Waals surface area contributed by atoms with Gasteiger partial charge in [-0.15, -0.1) is 0 Å². The minimum Gasteiger partial charge on any atom is -0.480 e. The molecule has 1 aliphatic heterocycles. The Hall–Kier alpha value is -4.40. The highest BCUT2D eigenvalue weighted by Gasteiger charge is 2.32. The first-order valence-corrected chi connectivity index (χ1v) is 16.3. The number of hydrogen-bond donors (Lipinski definition) is 5. The summed E-state index contributed by atoms with van der Waals surface area (Å²) in [5.74, 6) is -0.481. The summed E-state index contributed by atoms with van der Waals surface area (Å²) in [7, 11) is 2.98. The Balaban J connectivity index is 1.39. The number of nitrogens with one attached hydrogen (secondary N) is 3. The van der Waals surface area contributed by atoms with Crippen LogP contribution in [0.5, 0.6) is 11.8 Å². The van der Waals surface area contributed by atoms with E-state index in [0.717, 1.165) is 6.42 Å². The van der Waals surface area contributed by atoms with Crippen molar-refractivity contribution in [3.8, 4) is 45.4 Å². The van der Waals surface area contributed by atoms with Crippen LogP contribution in [0.2, 0.25) is 10.0 Å². The van der Waals surface area contributed by atoms with Gasteiger partial charge in [-0.1, -0.05) is 59.6 Å². The zero-order valence-corrected chi connectivity index (χ0v) is 28.7. The minimum absolute atomic E-state index is 0.00844. The number of benzene rings is 2. The second-order valence-electron chi connectivity index (χ2n) is 11.7. The smallest absolute Gasteiger partial charge is 0.323 e. The fraction of sp³-hybridized carbons (Fsp3) is 0.353. The third kappa shape index (κ3) is 8.09. The van der Waals surface area contributed by atoms with E-state index in [-0.39, 0.29) is 37.4 Å². The Bertz CT molecular complexity index is 1850. The maximum absolute atomic E-state index is 11.8. The number of carbonyl (C=O) groups is 2. The summed E-state index contributed by atoms with van der Waals surface area (Å²) in [6.45, 7) is 2.26. The van der Waals surface area contributed by atoms with Crippen LogP contribution in [0.3, 0.4) is 0 Å². The van der Waals surface area contributed by atoms with Crippen molar-refractivity contribution in [1.82, 2.24) is 35.9 Å². The molecule has 258 valence electrons. The molecule has 13 nitrogen and oxygen atoms in total. The number of carboxylic acid groups (broad SMARTS) is 1. The van der Waals surface area contributed by atoms with Gasteiger partial charge in [0.1, 0.15) is 16.9 Å². The molecule has 0 radical (unpaired) electrons. The predicted octanol–water partition coefficient (Wildman–Crippen LogP) is 4.28. The van der Waals surface area contributed by atoms with E-state index in [0.29, 0.717) is 80.5 Å². The number of aliphatic carboxylic acids is 1. The highest BCUT2D eigenvalue weighted by atomic mass is 35.5. The van der Waals surface area contributed by atoms with Crippen LogP contribution in [0, 0.1) is 0 Å². The summed E-state index contributed by atoms with van der Waals surface area (Å²) in [5, 5.41) is 28.9. The third-order valence-electron chi connectivity index (χ3n) is 8.35. The molecule has 2 atom stereocenters. The van der Waals surface area contributed by atoms with Crippen LogP contribution in [-0.4, -0.2) is 81.0 Å². The second kappa shape index (κ2) is 15.9. The molecule has 1 amide bonds. The highest BCUT2D eigenvalue weighted by molar-refractivity contribution is 6.39. The van der Waals surface area contributed by atoms with E-state index < -0.39 is 11.5 Å². The zero-order chi connectivity index (χ0) is 35.1. The molecular formula is C34H37Cl2N7O6. The molecule has 0 bridgehead atoms. The first-order valence-electron chi connectivity index (χ1n) is 15.6. The summed E-state index contributed by atoms with van der Waals surface area (Å²) >= 11 is 14.0. The Morgan fingerprint density at radius 3 is 1.94 bits per heavy atom. The Kier molecular flexibility index (Phi) is 11.6. The van der Waals surface area contributed by atoms with E-state index in [2.05, 4.69) is 30.9 Å². The van der Waals surface area contributed by atoms with Gasteiger partial charge in [0.2, 0.25) is 17.7 Å². The summed E-state index contributed by atoms with van der Waals surface area (Å²) < 4.78 is 11.0. The fourth-order valence-electron chi connectivity index (χ4n) is 5.47. The molecule has 5 rings (SSSR count). The van der Waals surface area contributed by atoms with Gasteiger partial charge >= 0.3 is 5.97 Å². The fourth-order valence-corrected chi connectivity index (χ4v) is 6.12. The van der Waals surface area contributed by atoms with Crippen LogP contribution in [0.25, 0.3) is 33.6 Å². The summed E-state index contributed by atoms with van der Waals surface area (Å²) in [6, 6.07) is 11.1. The van der Waals surface area contributed by atoms with Gasteiger partial charge in [0.05, 0.1) is 48.0 Å². The molecule has 0 aliphatic carbocycles. The van der Waals surface area contributed by atoms with Crippen molar-refractivity contribution in [3.05, 3.63) is 70.2 Å². The van der Waals surface area contributed by atoms with Gasteiger partial charge in [0.15, 0.2) is 0 Å². The van der Waals surface area contributed by atoms with Crippen LogP contribution in [0.15, 0.2) is 48.8 Å². The van der Waals surface area contributed by atoms with E-state index >= 15 is 0 Å². The number of nitrogens with zero attached hydrogens (tertiary/aromatic N) is 4. The molecule has 4 aromatic rings. The van der Waals surface area contributed by atoms with Gasteiger partial charge in [0, 0.05) is 61.0 Å². The first kappa shape index (κ1) is 35.9. The van der Waals surface area contributed by atoms with Crippen LogP contribution in [-0.2, 0) is 22.7 Å². The van der Waals surface area contributed by atoms with Crippen molar-refractivity contribution in [2.75, 3.05) is 27.4 Å². The van der Waals surface area contributed by atoms with Crippen molar-refractivity contribution in [2.24, 2.45) is 0 Å². The normalized spacial score (nSPS) is 15.5. The third-order valence-corrected chi connectivity index (χ3v) is 9.16. The average Bonchev–Trinajstić information content (AvgIpc) is 3.52. The maximum Gasteiger partial charge on any atom is 0.323 e. The average molecular weight is 711 g/mol. The first-order chi connectivity index (χ1) is 23.6. The second-order valence-corrected chi connectivity index (χ2v) is 12.4. The number of aromatic nitrogens is 4. The van der Waals surface area contributed by atoms with Crippen LogP contribution in [0.4, 0.5) is 0 Å². The van der Waals surface area contributed by atoms with Crippen molar-refractivity contribution in [2.45, 2.75) is 50.9 Å². The number of rotatable bonds is 15. The lowest BCUT2D eigenvalue weighted by atomic mass is 9.98. The molecule has 3 heterocycles. The predicted molar refractivity (Wildman–Crippen MR) is 185 cm³/mol. The molecule has 0 spiro atoms. The number of ether oxygens (including phenoxy) is 2. The number of halogens is 2. The highest BCUT2D eigenvalue weighted by Crippen LogP contribution is 2.42. The lowest BCUT2D eigenvalue weighted by Crippen LogP contribution is -2.49. The van der Waals surface area contributed by atoms with E-state index in [1.54, 1.807) is 12.3 Å². The van der Waals surface area contributed by atoms with E-state index in [1.807, 2.05) is 30.3 Å². The van der Waals surface area contributed by atoms with Gasteiger partial charge in [-0.05, 0) is 19.8 Å². The molecule has 1 fully saturated rings. The molecule has 1 aliphatic rings. The van der Waals surface area contributed by atoms with Crippen LogP contribution in [0.1, 0.15) is 37.6 Å². The molecule has 49 heavy (non-hydrogen) atoms. The standard InChI is InChI=1S/C34H37Cl2N7O6/c1-34(12-13-44,33(46)47)40-18-27-32(49-3)43-25(17-39-27)23-9-5-7-21(30(23)36)20-6-4-8-22(29(20)35)24-16-38-26(31(42-24)48-2)15-37-14-19-10-11-28(45)41-19/h4-9,16-17,19,37,40,44H,10-15,18H2,1-3H3,(H,41,45)(H,46,47)/t19-,34?/m0/s1. The van der Waals surface area contributed by atoms with Gasteiger partial charge in [-0.2, -0.15) is 0 Å². The van der Waals surface area contributed by atoms with Crippen molar-refractivity contribution in [1.29, 1.82) is 0 Å². The topological polar surface area (TPSA) is 181 Å².